The Kier molecular flexibility index (Phi) is 2.21. The van der Waals surface area contributed by atoms with E-state index in [0.29, 0.717) is 0 Å². The van der Waals surface area contributed by atoms with E-state index in [2.05, 4.69) is 37.2 Å². The molecule has 0 saturated heterocycles. The minimum absolute atomic E-state index is 0.175. The molecule has 1 unspecified atom stereocenters. The lowest BCUT2D eigenvalue weighted by Gasteiger charge is -2.15. The molecule has 1 aromatic carbocycles. The number of nitrogens with two attached hydrogens (primary N) is 1. The number of nitrogens with one attached hydrogen (secondary N) is 1. The van der Waals surface area contributed by atoms with Crippen LogP contribution >= 0.6 is 31.9 Å². The van der Waals surface area contributed by atoms with Crippen LogP contribution in [-0.2, 0) is 10.3 Å². The number of carbonyl (C=O) groups is 1. The normalized spacial score (nSPS) is 24.7. The standard InChI is InChI=1S/C9H8Br2N2O/c1-9(12)5-2-4(10)3-6(11)7(5)13-8(9)14/h2-3H,12H2,1H3,(H,13,14). The minimum atomic E-state index is -0.943. The van der Waals surface area contributed by atoms with Gasteiger partial charge >= 0.3 is 0 Å². The Morgan fingerprint density at radius 3 is 2.71 bits per heavy atom. The van der Waals surface area contributed by atoms with E-state index in [9.17, 15) is 4.79 Å². The van der Waals surface area contributed by atoms with Gasteiger partial charge in [-0.1, -0.05) is 15.9 Å². The lowest BCUT2D eigenvalue weighted by Crippen LogP contribution is -2.40. The zero-order valence-corrected chi connectivity index (χ0v) is 10.6. The molecule has 0 saturated carbocycles. The van der Waals surface area contributed by atoms with Crippen LogP contribution in [0.25, 0.3) is 0 Å². The summed E-state index contributed by atoms with van der Waals surface area (Å²) in [4.78, 5) is 11.5. The molecule has 1 aliphatic rings. The third-order valence-electron chi connectivity index (χ3n) is 2.32. The van der Waals surface area contributed by atoms with Gasteiger partial charge in [0.05, 0.1) is 5.69 Å². The number of hydrogen-bond donors (Lipinski definition) is 2. The fraction of sp³-hybridized carbons (Fsp3) is 0.222. The van der Waals surface area contributed by atoms with Gasteiger partial charge in [0.1, 0.15) is 5.54 Å². The fourth-order valence-electron chi connectivity index (χ4n) is 1.48. The third-order valence-corrected chi connectivity index (χ3v) is 3.41. The van der Waals surface area contributed by atoms with Crippen LogP contribution in [0.5, 0.6) is 0 Å². The summed E-state index contributed by atoms with van der Waals surface area (Å²) in [6, 6.07) is 3.73. The number of anilines is 1. The molecule has 0 spiro atoms. The summed E-state index contributed by atoms with van der Waals surface area (Å²) < 4.78 is 1.74. The van der Waals surface area contributed by atoms with Gasteiger partial charge in [-0.05, 0) is 35.0 Å². The lowest BCUT2D eigenvalue weighted by atomic mass is 9.95. The van der Waals surface area contributed by atoms with E-state index in [1.807, 2.05) is 12.1 Å². The Balaban J connectivity index is 2.71. The molecule has 0 radical (unpaired) electrons. The molecule has 1 aliphatic heterocycles. The molecule has 14 heavy (non-hydrogen) atoms. The van der Waals surface area contributed by atoms with Crippen LogP contribution in [-0.4, -0.2) is 5.91 Å². The number of halogens is 2. The molecule has 0 fully saturated rings. The number of benzene rings is 1. The van der Waals surface area contributed by atoms with Crippen LogP contribution in [0, 0.1) is 0 Å². The Morgan fingerprint density at radius 2 is 2.07 bits per heavy atom. The summed E-state index contributed by atoms with van der Waals surface area (Å²) in [6.45, 7) is 1.70. The molecule has 1 heterocycles. The molecule has 1 amide bonds. The van der Waals surface area contributed by atoms with Crippen LogP contribution in [0.2, 0.25) is 0 Å². The number of hydrogen-bond acceptors (Lipinski definition) is 2. The second-order valence-electron chi connectivity index (χ2n) is 3.47. The average molecular weight is 320 g/mol. The number of rotatable bonds is 0. The smallest absolute Gasteiger partial charge is 0.248 e. The van der Waals surface area contributed by atoms with E-state index < -0.39 is 5.54 Å². The van der Waals surface area contributed by atoms with Crippen LogP contribution in [0.3, 0.4) is 0 Å². The third kappa shape index (κ3) is 1.31. The maximum atomic E-state index is 11.5. The maximum Gasteiger partial charge on any atom is 0.248 e. The topological polar surface area (TPSA) is 55.1 Å². The summed E-state index contributed by atoms with van der Waals surface area (Å²) in [6.07, 6.45) is 0. The highest BCUT2D eigenvalue weighted by atomic mass is 79.9. The van der Waals surface area contributed by atoms with Gasteiger partial charge in [-0.3, -0.25) is 4.79 Å². The van der Waals surface area contributed by atoms with Crippen molar-refractivity contribution >= 4 is 43.5 Å². The molecule has 74 valence electrons. The molecule has 5 heteroatoms. The molecule has 2 rings (SSSR count). The second kappa shape index (κ2) is 3.05. The van der Waals surface area contributed by atoms with Crippen molar-refractivity contribution in [2.45, 2.75) is 12.5 Å². The zero-order valence-electron chi connectivity index (χ0n) is 7.40. The molecule has 0 aliphatic carbocycles. The predicted octanol–water partition coefficient (Wildman–Crippen LogP) is 2.34. The van der Waals surface area contributed by atoms with Crippen molar-refractivity contribution in [1.82, 2.24) is 0 Å². The van der Waals surface area contributed by atoms with Gasteiger partial charge in [-0.2, -0.15) is 0 Å². The first-order chi connectivity index (χ1) is 6.43. The van der Waals surface area contributed by atoms with Crippen molar-refractivity contribution in [2.24, 2.45) is 5.73 Å². The first-order valence-corrected chi connectivity index (χ1v) is 5.61. The van der Waals surface area contributed by atoms with Crippen molar-refractivity contribution < 1.29 is 4.79 Å². The Hall–Kier alpha value is -0.390. The predicted molar refractivity (Wildman–Crippen MR) is 62.0 cm³/mol. The van der Waals surface area contributed by atoms with Crippen molar-refractivity contribution in [1.29, 1.82) is 0 Å². The van der Waals surface area contributed by atoms with Gasteiger partial charge < -0.3 is 11.1 Å². The molecule has 1 aromatic rings. The van der Waals surface area contributed by atoms with Crippen molar-refractivity contribution in [3.05, 3.63) is 26.6 Å². The van der Waals surface area contributed by atoms with E-state index in [1.165, 1.54) is 0 Å². The Bertz CT molecular complexity index is 429. The van der Waals surface area contributed by atoms with Gasteiger partial charge in [0.25, 0.3) is 0 Å². The SMILES string of the molecule is CC1(N)C(=O)Nc2c(Br)cc(Br)cc21. The van der Waals surface area contributed by atoms with Crippen LogP contribution in [0.15, 0.2) is 21.1 Å². The summed E-state index contributed by atoms with van der Waals surface area (Å²) in [5, 5.41) is 2.75. The number of fused-ring (bicyclic) bond motifs is 1. The van der Waals surface area contributed by atoms with Gasteiger partial charge in [-0.15, -0.1) is 0 Å². The largest absolute Gasteiger partial charge is 0.323 e. The van der Waals surface area contributed by atoms with E-state index in [1.54, 1.807) is 6.92 Å². The summed E-state index contributed by atoms with van der Waals surface area (Å²) in [5.74, 6) is -0.175. The minimum Gasteiger partial charge on any atom is -0.323 e. The molecule has 0 bridgehead atoms. The van der Waals surface area contributed by atoms with Gasteiger partial charge in [-0.25, -0.2) is 0 Å². The first-order valence-electron chi connectivity index (χ1n) is 4.03. The quantitative estimate of drug-likeness (QED) is 0.771. The average Bonchev–Trinajstić information content (AvgIpc) is 2.28. The van der Waals surface area contributed by atoms with Gasteiger partial charge in [0.15, 0.2) is 0 Å². The fourth-order valence-corrected chi connectivity index (χ4v) is 2.80. The summed E-state index contributed by atoms with van der Waals surface area (Å²) >= 11 is 6.74. The van der Waals surface area contributed by atoms with Crippen molar-refractivity contribution in [2.75, 3.05) is 5.32 Å². The molecule has 3 N–H and O–H groups in total. The number of amides is 1. The summed E-state index contributed by atoms with van der Waals surface area (Å²) in [7, 11) is 0. The lowest BCUT2D eigenvalue weighted by molar-refractivity contribution is -0.120. The molecule has 0 aromatic heterocycles. The van der Waals surface area contributed by atoms with Gasteiger partial charge in [0.2, 0.25) is 5.91 Å². The highest BCUT2D eigenvalue weighted by molar-refractivity contribution is 9.11. The molecule has 1 atom stereocenters. The van der Waals surface area contributed by atoms with E-state index in [-0.39, 0.29) is 5.91 Å². The first kappa shape index (κ1) is 10.1. The monoisotopic (exact) mass is 318 g/mol. The van der Waals surface area contributed by atoms with Crippen LogP contribution in [0.4, 0.5) is 5.69 Å². The number of carbonyl (C=O) groups excluding carboxylic acids is 1. The maximum absolute atomic E-state index is 11.5. The van der Waals surface area contributed by atoms with E-state index in [4.69, 9.17) is 5.73 Å². The zero-order chi connectivity index (χ0) is 10.5. The van der Waals surface area contributed by atoms with E-state index >= 15 is 0 Å². The molecular weight excluding hydrogens is 312 g/mol. The highest BCUT2D eigenvalue weighted by Crippen LogP contribution is 2.40. The molecule has 3 nitrogen and oxygen atoms in total. The van der Waals surface area contributed by atoms with Crippen molar-refractivity contribution in [3.63, 3.8) is 0 Å². The van der Waals surface area contributed by atoms with Crippen LogP contribution < -0.4 is 11.1 Å². The Labute approximate surface area is 98.3 Å². The van der Waals surface area contributed by atoms with Crippen molar-refractivity contribution in [3.8, 4) is 0 Å². The van der Waals surface area contributed by atoms with E-state index in [0.717, 1.165) is 20.2 Å². The second-order valence-corrected chi connectivity index (χ2v) is 5.24. The Morgan fingerprint density at radius 1 is 1.43 bits per heavy atom. The highest BCUT2D eigenvalue weighted by Gasteiger charge is 2.40. The van der Waals surface area contributed by atoms with Crippen LogP contribution in [0.1, 0.15) is 12.5 Å². The van der Waals surface area contributed by atoms with Gasteiger partial charge in [0, 0.05) is 14.5 Å². The summed E-state index contributed by atoms with van der Waals surface area (Å²) in [5.41, 5.74) is 6.55. The molecular formula is C9H8Br2N2O.